The molecular weight excluding hydrogens is 333 g/mol. The summed E-state index contributed by atoms with van der Waals surface area (Å²) in [5.41, 5.74) is 2.15. The van der Waals surface area contributed by atoms with E-state index in [4.69, 9.17) is 27.9 Å². The van der Waals surface area contributed by atoms with Crippen molar-refractivity contribution in [2.45, 2.75) is 25.9 Å². The lowest BCUT2D eigenvalue weighted by Crippen LogP contribution is -2.22. The van der Waals surface area contributed by atoms with E-state index in [1.807, 2.05) is 29.9 Å². The summed E-state index contributed by atoms with van der Waals surface area (Å²) >= 11 is 12.5. The van der Waals surface area contributed by atoms with Crippen LogP contribution in [-0.4, -0.2) is 16.4 Å². The van der Waals surface area contributed by atoms with Gasteiger partial charge in [-0.2, -0.15) is 5.10 Å². The summed E-state index contributed by atoms with van der Waals surface area (Å²) in [5, 5.41) is 8.74. The van der Waals surface area contributed by atoms with Crippen molar-refractivity contribution in [3.05, 3.63) is 58.4 Å². The van der Waals surface area contributed by atoms with Crippen LogP contribution < -0.4 is 10.1 Å². The van der Waals surface area contributed by atoms with Crippen LogP contribution in [0.25, 0.3) is 0 Å². The first-order chi connectivity index (χ1) is 11.1. The van der Waals surface area contributed by atoms with E-state index in [1.165, 1.54) is 0 Å². The highest BCUT2D eigenvalue weighted by Gasteiger charge is 2.14. The van der Waals surface area contributed by atoms with E-state index in [0.717, 1.165) is 17.7 Å². The van der Waals surface area contributed by atoms with E-state index in [1.54, 1.807) is 12.3 Å². The van der Waals surface area contributed by atoms with Gasteiger partial charge in [-0.05, 0) is 30.2 Å². The van der Waals surface area contributed by atoms with Gasteiger partial charge in [0.05, 0.1) is 15.7 Å². The van der Waals surface area contributed by atoms with E-state index >= 15 is 0 Å². The van der Waals surface area contributed by atoms with Crippen LogP contribution in [0.2, 0.25) is 10.0 Å². The largest absolute Gasteiger partial charge is 0.486 e. The second-order valence-electron chi connectivity index (χ2n) is 5.21. The highest BCUT2D eigenvalue weighted by atomic mass is 35.5. The lowest BCUT2D eigenvalue weighted by atomic mass is 10.1. The molecule has 0 saturated heterocycles. The third-order valence-corrected chi connectivity index (χ3v) is 4.14. The van der Waals surface area contributed by atoms with Crippen LogP contribution in [0.5, 0.6) is 5.75 Å². The molecule has 4 nitrogen and oxygen atoms in total. The Labute approximate surface area is 147 Å². The van der Waals surface area contributed by atoms with E-state index in [9.17, 15) is 0 Å². The fourth-order valence-corrected chi connectivity index (χ4v) is 3.06. The maximum atomic E-state index is 6.26. The molecule has 0 spiro atoms. The van der Waals surface area contributed by atoms with E-state index in [0.29, 0.717) is 28.9 Å². The van der Waals surface area contributed by atoms with Gasteiger partial charge >= 0.3 is 0 Å². The number of rotatable bonds is 8. The maximum Gasteiger partial charge on any atom is 0.156 e. The Kier molecular flexibility index (Phi) is 6.51. The number of aryl methyl sites for hydroxylation is 1. The molecule has 0 fully saturated rings. The third kappa shape index (κ3) is 4.50. The highest BCUT2D eigenvalue weighted by molar-refractivity contribution is 6.37. The normalized spacial score (nSPS) is 12.2. The van der Waals surface area contributed by atoms with Crippen LogP contribution in [0.4, 0.5) is 0 Å². The molecule has 2 aromatic rings. The van der Waals surface area contributed by atoms with Gasteiger partial charge in [0.1, 0.15) is 6.61 Å². The zero-order chi connectivity index (χ0) is 16.8. The molecule has 6 heteroatoms. The molecule has 124 valence electrons. The minimum atomic E-state index is 0.219. The lowest BCUT2D eigenvalue weighted by Gasteiger charge is -2.18. The average Bonchev–Trinajstić information content (AvgIpc) is 2.93. The van der Waals surface area contributed by atoms with Crippen molar-refractivity contribution in [3.8, 4) is 5.75 Å². The van der Waals surface area contributed by atoms with Crippen molar-refractivity contribution in [2.75, 3.05) is 6.61 Å². The monoisotopic (exact) mass is 353 g/mol. The predicted molar refractivity (Wildman–Crippen MR) is 95.2 cm³/mol. The number of benzene rings is 1. The van der Waals surface area contributed by atoms with Crippen LogP contribution in [0.15, 0.2) is 37.1 Å². The maximum absolute atomic E-state index is 6.26. The molecule has 1 N–H and O–H groups in total. The molecule has 1 aromatic heterocycles. The molecule has 0 aliphatic heterocycles. The first-order valence-corrected chi connectivity index (χ1v) is 8.25. The Hall–Kier alpha value is -1.49. The molecule has 0 unspecified atom stereocenters. The number of hydrogen-bond acceptors (Lipinski definition) is 3. The second-order valence-corrected chi connectivity index (χ2v) is 6.02. The minimum Gasteiger partial charge on any atom is -0.486 e. The van der Waals surface area contributed by atoms with Crippen LogP contribution in [-0.2, 0) is 13.6 Å². The van der Waals surface area contributed by atoms with E-state index < -0.39 is 0 Å². The van der Waals surface area contributed by atoms with Crippen molar-refractivity contribution in [1.82, 2.24) is 15.1 Å². The van der Waals surface area contributed by atoms with Gasteiger partial charge in [0, 0.05) is 25.8 Å². The molecular formula is C17H21Cl2N3O. The number of hydrogen-bond donors (Lipinski definition) is 1. The second kappa shape index (κ2) is 8.39. The number of halogens is 2. The molecule has 1 atom stereocenters. The van der Waals surface area contributed by atoms with Gasteiger partial charge in [0.2, 0.25) is 0 Å². The summed E-state index contributed by atoms with van der Waals surface area (Å²) in [6, 6.07) is 5.98. The predicted octanol–water partition coefficient (Wildman–Crippen LogP) is 4.53. The summed E-state index contributed by atoms with van der Waals surface area (Å²) < 4.78 is 7.36. The number of aromatic nitrogens is 2. The van der Waals surface area contributed by atoms with Gasteiger partial charge in [-0.1, -0.05) is 42.8 Å². The number of nitrogens with zero attached hydrogens (tertiary/aromatic N) is 2. The summed E-state index contributed by atoms with van der Waals surface area (Å²) in [7, 11) is 1.94. The SMILES string of the molecule is C=CCOc1c(Cl)cc(CN[C@H](CC)c2ccnn2C)cc1Cl. The Bertz CT molecular complexity index is 647. The average molecular weight is 354 g/mol. The van der Waals surface area contributed by atoms with Crippen LogP contribution in [0, 0.1) is 0 Å². The molecule has 0 aliphatic carbocycles. The zero-order valence-electron chi connectivity index (χ0n) is 13.4. The molecule has 2 rings (SSSR count). The molecule has 0 amide bonds. The van der Waals surface area contributed by atoms with Gasteiger partial charge in [-0.15, -0.1) is 0 Å². The van der Waals surface area contributed by atoms with Gasteiger partial charge in [-0.3, -0.25) is 4.68 Å². The summed E-state index contributed by atoms with van der Waals surface area (Å²) in [5.74, 6) is 0.496. The van der Waals surface area contributed by atoms with E-state index in [2.05, 4.69) is 23.9 Å². The minimum absolute atomic E-state index is 0.219. The number of ether oxygens (including phenoxy) is 1. The van der Waals surface area contributed by atoms with Crippen LogP contribution in [0.3, 0.4) is 0 Å². The molecule has 0 radical (unpaired) electrons. The fourth-order valence-electron chi connectivity index (χ4n) is 2.42. The highest BCUT2D eigenvalue weighted by Crippen LogP contribution is 2.34. The van der Waals surface area contributed by atoms with Crippen molar-refractivity contribution >= 4 is 23.2 Å². The Morgan fingerprint density at radius 2 is 2.09 bits per heavy atom. The van der Waals surface area contributed by atoms with E-state index in [-0.39, 0.29) is 6.04 Å². The molecule has 0 saturated carbocycles. The Morgan fingerprint density at radius 3 is 2.61 bits per heavy atom. The van der Waals surface area contributed by atoms with Crippen molar-refractivity contribution in [2.24, 2.45) is 7.05 Å². The molecule has 1 heterocycles. The van der Waals surface area contributed by atoms with Crippen molar-refractivity contribution in [1.29, 1.82) is 0 Å². The quantitative estimate of drug-likeness (QED) is 0.708. The fraction of sp³-hybridized carbons (Fsp3) is 0.353. The van der Waals surface area contributed by atoms with Gasteiger partial charge < -0.3 is 10.1 Å². The molecule has 0 aliphatic rings. The van der Waals surface area contributed by atoms with Crippen molar-refractivity contribution < 1.29 is 4.74 Å². The lowest BCUT2D eigenvalue weighted by molar-refractivity contribution is 0.363. The Balaban J connectivity index is 2.08. The summed E-state index contributed by atoms with van der Waals surface area (Å²) in [4.78, 5) is 0. The molecule has 1 aromatic carbocycles. The number of nitrogens with one attached hydrogen (secondary N) is 1. The van der Waals surface area contributed by atoms with Gasteiger partial charge in [-0.25, -0.2) is 0 Å². The smallest absolute Gasteiger partial charge is 0.156 e. The third-order valence-electron chi connectivity index (χ3n) is 3.58. The molecule has 23 heavy (non-hydrogen) atoms. The Morgan fingerprint density at radius 1 is 1.39 bits per heavy atom. The van der Waals surface area contributed by atoms with Gasteiger partial charge in [0.15, 0.2) is 5.75 Å². The van der Waals surface area contributed by atoms with Crippen molar-refractivity contribution in [3.63, 3.8) is 0 Å². The molecule has 0 bridgehead atoms. The summed E-state index contributed by atoms with van der Waals surface area (Å²) in [6.07, 6.45) is 4.42. The summed E-state index contributed by atoms with van der Waals surface area (Å²) in [6.45, 7) is 6.78. The first-order valence-electron chi connectivity index (χ1n) is 7.49. The van der Waals surface area contributed by atoms with Crippen LogP contribution >= 0.6 is 23.2 Å². The zero-order valence-corrected chi connectivity index (χ0v) is 14.9. The first kappa shape index (κ1) is 17.9. The van der Waals surface area contributed by atoms with Crippen LogP contribution in [0.1, 0.15) is 30.6 Å². The van der Waals surface area contributed by atoms with Gasteiger partial charge in [0.25, 0.3) is 0 Å². The topological polar surface area (TPSA) is 39.1 Å². The standard InChI is InChI=1S/C17H21Cl2N3O/c1-4-8-23-17-13(18)9-12(10-14(17)19)11-20-15(5-2)16-6-7-21-22(16)3/h4,6-7,9-10,15,20H,1,5,8,11H2,2-3H3/t15-/m1/s1.